The predicted molar refractivity (Wildman–Crippen MR) is 94.9 cm³/mol. The van der Waals surface area contributed by atoms with Crippen molar-refractivity contribution < 1.29 is 4.79 Å². The monoisotopic (exact) mass is 308 g/mol. The van der Waals surface area contributed by atoms with E-state index in [1.807, 2.05) is 35.2 Å². The first kappa shape index (κ1) is 15.6. The van der Waals surface area contributed by atoms with Crippen molar-refractivity contribution in [2.45, 2.75) is 20.3 Å². The highest BCUT2D eigenvalue weighted by molar-refractivity contribution is 5.79. The van der Waals surface area contributed by atoms with Crippen LogP contribution in [0.5, 0.6) is 0 Å². The first-order valence-electron chi connectivity index (χ1n) is 8.28. The number of carbonyl (C=O) groups is 1. The topological polar surface area (TPSA) is 23.6 Å². The lowest BCUT2D eigenvalue weighted by molar-refractivity contribution is -0.130. The van der Waals surface area contributed by atoms with Crippen LogP contribution in [0.15, 0.2) is 48.5 Å². The van der Waals surface area contributed by atoms with E-state index in [-0.39, 0.29) is 5.91 Å². The first-order chi connectivity index (χ1) is 11.1. The number of benzene rings is 2. The Labute approximate surface area is 138 Å². The van der Waals surface area contributed by atoms with Gasteiger partial charge < -0.3 is 9.80 Å². The summed E-state index contributed by atoms with van der Waals surface area (Å²) < 4.78 is 0. The van der Waals surface area contributed by atoms with Crippen molar-refractivity contribution in [3.63, 3.8) is 0 Å². The minimum absolute atomic E-state index is 0.233. The van der Waals surface area contributed by atoms with Crippen LogP contribution in [-0.2, 0) is 11.2 Å². The lowest BCUT2D eigenvalue weighted by atomic mass is 10.1. The zero-order chi connectivity index (χ0) is 16.2. The Kier molecular flexibility index (Phi) is 4.65. The normalized spacial score (nSPS) is 14.9. The SMILES string of the molecule is Cc1cccc(N2CCN(C(=O)Cc3ccccc3)CC2)c1C. The molecule has 1 aliphatic rings. The fraction of sp³-hybridized carbons (Fsp3) is 0.350. The van der Waals surface area contributed by atoms with Gasteiger partial charge in [-0.3, -0.25) is 4.79 Å². The molecular weight excluding hydrogens is 284 g/mol. The minimum atomic E-state index is 0.233. The molecule has 2 aromatic rings. The van der Waals surface area contributed by atoms with E-state index in [0.29, 0.717) is 6.42 Å². The third kappa shape index (κ3) is 3.55. The van der Waals surface area contributed by atoms with Gasteiger partial charge in [-0.05, 0) is 36.6 Å². The number of hydrogen-bond acceptors (Lipinski definition) is 2. The van der Waals surface area contributed by atoms with Gasteiger partial charge in [0.1, 0.15) is 0 Å². The van der Waals surface area contributed by atoms with E-state index in [1.54, 1.807) is 0 Å². The maximum Gasteiger partial charge on any atom is 0.227 e. The van der Waals surface area contributed by atoms with Gasteiger partial charge in [0.25, 0.3) is 0 Å². The van der Waals surface area contributed by atoms with Crippen molar-refractivity contribution in [2.24, 2.45) is 0 Å². The lowest BCUT2D eigenvalue weighted by Crippen LogP contribution is -2.49. The molecular formula is C20H24N2O. The van der Waals surface area contributed by atoms with E-state index >= 15 is 0 Å². The largest absolute Gasteiger partial charge is 0.368 e. The average Bonchev–Trinajstić information content (AvgIpc) is 2.58. The molecule has 0 aliphatic carbocycles. The van der Waals surface area contributed by atoms with Gasteiger partial charge in [-0.25, -0.2) is 0 Å². The molecule has 3 heteroatoms. The number of carbonyl (C=O) groups excluding carboxylic acids is 1. The molecule has 23 heavy (non-hydrogen) atoms. The van der Waals surface area contributed by atoms with E-state index in [0.717, 1.165) is 31.7 Å². The molecule has 0 saturated carbocycles. The zero-order valence-corrected chi connectivity index (χ0v) is 14.0. The van der Waals surface area contributed by atoms with Gasteiger partial charge in [-0.15, -0.1) is 0 Å². The van der Waals surface area contributed by atoms with E-state index in [1.165, 1.54) is 16.8 Å². The van der Waals surface area contributed by atoms with E-state index in [9.17, 15) is 4.79 Å². The summed E-state index contributed by atoms with van der Waals surface area (Å²) in [5.41, 5.74) is 5.07. The Morgan fingerprint density at radius 3 is 2.30 bits per heavy atom. The molecule has 0 atom stereocenters. The van der Waals surface area contributed by atoms with Gasteiger partial charge in [0.15, 0.2) is 0 Å². The predicted octanol–water partition coefficient (Wildman–Crippen LogP) is 3.19. The van der Waals surface area contributed by atoms with Crippen molar-refractivity contribution in [1.29, 1.82) is 0 Å². The molecule has 3 nitrogen and oxygen atoms in total. The Balaban J connectivity index is 1.60. The lowest BCUT2D eigenvalue weighted by Gasteiger charge is -2.37. The molecule has 1 amide bonds. The molecule has 2 aromatic carbocycles. The van der Waals surface area contributed by atoms with Crippen molar-refractivity contribution in [1.82, 2.24) is 4.90 Å². The van der Waals surface area contributed by atoms with Crippen LogP contribution in [0.2, 0.25) is 0 Å². The van der Waals surface area contributed by atoms with Gasteiger partial charge >= 0.3 is 0 Å². The number of rotatable bonds is 3. The maximum atomic E-state index is 12.4. The van der Waals surface area contributed by atoms with Crippen molar-refractivity contribution >= 4 is 11.6 Å². The van der Waals surface area contributed by atoms with Crippen LogP contribution < -0.4 is 4.90 Å². The molecule has 1 saturated heterocycles. The molecule has 3 rings (SSSR count). The quantitative estimate of drug-likeness (QED) is 0.869. The van der Waals surface area contributed by atoms with E-state index < -0.39 is 0 Å². The highest BCUT2D eigenvalue weighted by Gasteiger charge is 2.22. The fourth-order valence-corrected chi connectivity index (χ4v) is 3.16. The summed E-state index contributed by atoms with van der Waals surface area (Å²) >= 11 is 0. The number of piperazine rings is 1. The first-order valence-corrected chi connectivity index (χ1v) is 8.28. The molecule has 0 spiro atoms. The van der Waals surface area contributed by atoms with E-state index in [2.05, 4.69) is 36.9 Å². The zero-order valence-electron chi connectivity index (χ0n) is 14.0. The van der Waals surface area contributed by atoms with Crippen molar-refractivity contribution in [3.8, 4) is 0 Å². The van der Waals surface area contributed by atoms with Crippen LogP contribution in [0, 0.1) is 13.8 Å². The highest BCUT2D eigenvalue weighted by atomic mass is 16.2. The summed E-state index contributed by atoms with van der Waals surface area (Å²) in [6.45, 7) is 7.75. The minimum Gasteiger partial charge on any atom is -0.368 e. The van der Waals surface area contributed by atoms with Gasteiger partial charge in [0.2, 0.25) is 5.91 Å². The maximum absolute atomic E-state index is 12.4. The second kappa shape index (κ2) is 6.86. The van der Waals surface area contributed by atoms with E-state index in [4.69, 9.17) is 0 Å². The van der Waals surface area contributed by atoms with Gasteiger partial charge in [-0.2, -0.15) is 0 Å². The molecule has 1 aliphatic heterocycles. The Hall–Kier alpha value is -2.29. The molecule has 0 N–H and O–H groups in total. The summed E-state index contributed by atoms with van der Waals surface area (Å²) in [4.78, 5) is 16.8. The summed E-state index contributed by atoms with van der Waals surface area (Å²) in [6.07, 6.45) is 0.504. The van der Waals surface area contributed by atoms with Crippen molar-refractivity contribution in [2.75, 3.05) is 31.1 Å². The third-order valence-corrected chi connectivity index (χ3v) is 4.75. The van der Waals surface area contributed by atoms with Crippen LogP contribution in [0.4, 0.5) is 5.69 Å². The Morgan fingerprint density at radius 2 is 1.61 bits per heavy atom. The highest BCUT2D eigenvalue weighted by Crippen LogP contribution is 2.24. The summed E-state index contributed by atoms with van der Waals surface area (Å²) in [7, 11) is 0. The Bertz CT molecular complexity index is 673. The Morgan fingerprint density at radius 1 is 0.913 bits per heavy atom. The number of nitrogens with zero attached hydrogens (tertiary/aromatic N) is 2. The van der Waals surface area contributed by atoms with Crippen LogP contribution in [-0.4, -0.2) is 37.0 Å². The molecule has 0 aromatic heterocycles. The van der Waals surface area contributed by atoms with Gasteiger partial charge in [-0.1, -0.05) is 42.5 Å². The van der Waals surface area contributed by atoms with Crippen molar-refractivity contribution in [3.05, 3.63) is 65.2 Å². The smallest absolute Gasteiger partial charge is 0.227 e. The van der Waals surface area contributed by atoms with Crippen LogP contribution >= 0.6 is 0 Å². The molecule has 0 bridgehead atoms. The van der Waals surface area contributed by atoms with Gasteiger partial charge in [0.05, 0.1) is 6.42 Å². The summed E-state index contributed by atoms with van der Waals surface area (Å²) in [6, 6.07) is 16.4. The number of aryl methyl sites for hydroxylation is 1. The number of amides is 1. The fourth-order valence-electron chi connectivity index (χ4n) is 3.16. The molecule has 1 heterocycles. The summed E-state index contributed by atoms with van der Waals surface area (Å²) in [5, 5.41) is 0. The standard InChI is InChI=1S/C20H24N2O/c1-16-7-6-10-19(17(16)2)21-11-13-22(14-12-21)20(23)15-18-8-4-3-5-9-18/h3-10H,11-15H2,1-2H3. The van der Waals surface area contributed by atoms with Crippen LogP contribution in [0.1, 0.15) is 16.7 Å². The molecule has 120 valence electrons. The average molecular weight is 308 g/mol. The second-order valence-electron chi connectivity index (χ2n) is 6.25. The summed E-state index contributed by atoms with van der Waals surface area (Å²) in [5.74, 6) is 0.233. The number of anilines is 1. The molecule has 0 unspecified atom stereocenters. The van der Waals surface area contributed by atoms with Gasteiger partial charge in [0, 0.05) is 31.9 Å². The third-order valence-electron chi connectivity index (χ3n) is 4.75. The number of hydrogen-bond donors (Lipinski definition) is 0. The molecule has 0 radical (unpaired) electrons. The van der Waals surface area contributed by atoms with Crippen LogP contribution in [0.25, 0.3) is 0 Å². The molecule has 1 fully saturated rings. The second-order valence-corrected chi connectivity index (χ2v) is 6.25. The van der Waals surface area contributed by atoms with Crippen LogP contribution in [0.3, 0.4) is 0 Å².